The number of aromatic nitrogens is 4. The molecule has 1 saturated carbocycles. The van der Waals surface area contributed by atoms with Crippen LogP contribution in [0.15, 0.2) is 72.6 Å². The van der Waals surface area contributed by atoms with Crippen LogP contribution in [0.4, 0.5) is 0 Å². The lowest BCUT2D eigenvalue weighted by Gasteiger charge is -2.19. The summed E-state index contributed by atoms with van der Waals surface area (Å²) >= 11 is 0. The van der Waals surface area contributed by atoms with Crippen LogP contribution in [0.5, 0.6) is 0 Å². The van der Waals surface area contributed by atoms with E-state index in [0.29, 0.717) is 23.4 Å². The first-order valence-corrected chi connectivity index (χ1v) is 11.6. The molecule has 9 heteroatoms. The minimum absolute atomic E-state index is 0.0710. The SMILES string of the molecule is C=C(NC(=O)C(=C)n1cnc2c(-c3ccc4cn(C)nc4c3)cccc2c1=O)C(=O)N(C)CC1CC1. The Labute approximate surface area is 207 Å². The Hall–Kier alpha value is -4.53. The second kappa shape index (κ2) is 8.92. The number of carbonyl (C=O) groups is 2. The van der Waals surface area contributed by atoms with Crippen LogP contribution in [-0.2, 0) is 16.6 Å². The Morgan fingerprint density at radius 1 is 1.19 bits per heavy atom. The van der Waals surface area contributed by atoms with Gasteiger partial charge in [0, 0.05) is 37.8 Å². The Kier molecular flexibility index (Phi) is 5.75. The average Bonchev–Trinajstić information content (AvgIpc) is 3.60. The summed E-state index contributed by atoms with van der Waals surface area (Å²) < 4.78 is 2.83. The number of fused-ring (bicyclic) bond motifs is 2. The molecule has 1 aliphatic rings. The van der Waals surface area contributed by atoms with Crippen LogP contribution in [0.2, 0.25) is 0 Å². The fraction of sp³-hybridized carbons (Fsp3) is 0.222. The number of aryl methyl sites for hydroxylation is 1. The molecule has 182 valence electrons. The van der Waals surface area contributed by atoms with Crippen molar-refractivity contribution in [3.05, 3.63) is 78.1 Å². The zero-order valence-electron chi connectivity index (χ0n) is 20.2. The Morgan fingerprint density at radius 2 is 1.97 bits per heavy atom. The number of para-hydroxylation sites is 1. The third-order valence-corrected chi connectivity index (χ3v) is 6.37. The smallest absolute Gasteiger partial charge is 0.272 e. The molecule has 0 unspecified atom stereocenters. The van der Waals surface area contributed by atoms with Gasteiger partial charge in [0.05, 0.1) is 22.1 Å². The second-order valence-corrected chi connectivity index (χ2v) is 9.21. The molecule has 0 aliphatic heterocycles. The molecule has 1 N–H and O–H groups in total. The predicted molar refractivity (Wildman–Crippen MR) is 139 cm³/mol. The zero-order valence-corrected chi connectivity index (χ0v) is 20.2. The van der Waals surface area contributed by atoms with Gasteiger partial charge in [0.2, 0.25) is 0 Å². The van der Waals surface area contributed by atoms with E-state index in [1.807, 2.05) is 37.5 Å². The topological polar surface area (TPSA) is 102 Å². The number of benzene rings is 2. The number of hydrogen-bond acceptors (Lipinski definition) is 5. The minimum Gasteiger partial charge on any atom is -0.340 e. The Balaban J connectivity index is 1.41. The molecule has 2 aromatic heterocycles. The molecular weight excluding hydrogens is 456 g/mol. The van der Waals surface area contributed by atoms with Crippen LogP contribution >= 0.6 is 0 Å². The van der Waals surface area contributed by atoms with Gasteiger partial charge in [-0.05, 0) is 36.5 Å². The van der Waals surface area contributed by atoms with Crippen molar-refractivity contribution < 1.29 is 9.59 Å². The molecule has 2 amide bonds. The maximum Gasteiger partial charge on any atom is 0.272 e. The van der Waals surface area contributed by atoms with E-state index < -0.39 is 11.5 Å². The van der Waals surface area contributed by atoms with Crippen LogP contribution in [0.25, 0.3) is 38.6 Å². The van der Waals surface area contributed by atoms with E-state index in [-0.39, 0.29) is 17.3 Å². The van der Waals surface area contributed by atoms with E-state index in [4.69, 9.17) is 0 Å². The molecule has 0 radical (unpaired) electrons. The molecule has 2 aromatic carbocycles. The highest BCUT2D eigenvalue weighted by Crippen LogP contribution is 2.30. The summed E-state index contributed by atoms with van der Waals surface area (Å²) in [5, 5.41) is 8.27. The molecule has 0 bridgehead atoms. The Morgan fingerprint density at radius 3 is 2.72 bits per heavy atom. The van der Waals surface area contributed by atoms with Gasteiger partial charge in [0.1, 0.15) is 12.0 Å². The highest BCUT2D eigenvalue weighted by atomic mass is 16.2. The van der Waals surface area contributed by atoms with Crippen LogP contribution in [0.1, 0.15) is 12.8 Å². The van der Waals surface area contributed by atoms with Crippen molar-refractivity contribution in [2.24, 2.45) is 13.0 Å². The molecular formula is C27H26N6O3. The minimum atomic E-state index is -0.701. The zero-order chi connectivity index (χ0) is 25.6. The van der Waals surface area contributed by atoms with Gasteiger partial charge in [-0.3, -0.25) is 23.6 Å². The summed E-state index contributed by atoms with van der Waals surface area (Å²) in [4.78, 5) is 44.6. The fourth-order valence-electron chi connectivity index (χ4n) is 4.26. The number of nitrogens with zero attached hydrogens (tertiary/aromatic N) is 5. The summed E-state index contributed by atoms with van der Waals surface area (Å²) in [7, 11) is 3.54. The first kappa shape index (κ1) is 23.2. The summed E-state index contributed by atoms with van der Waals surface area (Å²) in [5.41, 5.74) is 2.32. The van der Waals surface area contributed by atoms with Crippen molar-refractivity contribution in [1.29, 1.82) is 0 Å². The fourth-order valence-corrected chi connectivity index (χ4v) is 4.26. The van der Waals surface area contributed by atoms with E-state index in [2.05, 4.69) is 28.6 Å². The quantitative estimate of drug-likeness (QED) is 0.408. The monoisotopic (exact) mass is 482 g/mol. The summed E-state index contributed by atoms with van der Waals surface area (Å²) in [6, 6.07) is 11.2. The normalized spacial score (nSPS) is 13.1. The van der Waals surface area contributed by atoms with Crippen LogP contribution in [0, 0.1) is 5.92 Å². The third-order valence-electron chi connectivity index (χ3n) is 6.37. The molecule has 0 spiro atoms. The van der Waals surface area contributed by atoms with Gasteiger partial charge in [-0.25, -0.2) is 4.98 Å². The maximum atomic E-state index is 13.3. The highest BCUT2D eigenvalue weighted by molar-refractivity contribution is 6.15. The number of nitrogens with one attached hydrogen (secondary N) is 1. The lowest BCUT2D eigenvalue weighted by atomic mass is 10.0. The maximum absolute atomic E-state index is 13.3. The van der Waals surface area contributed by atoms with Crippen LogP contribution in [0.3, 0.4) is 0 Å². The number of carbonyl (C=O) groups excluding carboxylic acids is 2. The van der Waals surface area contributed by atoms with Crippen LogP contribution in [-0.4, -0.2) is 49.6 Å². The van der Waals surface area contributed by atoms with E-state index in [0.717, 1.165) is 39.4 Å². The summed E-state index contributed by atoms with van der Waals surface area (Å²) in [5.74, 6) is -0.565. The standard InChI is InChI=1S/C27H26N6O3/c1-16(26(35)31(3)13-18-8-9-18)29-25(34)17(2)33-15-28-24-21(6-5-7-22(24)27(33)36)19-10-11-20-14-32(4)30-23(20)12-19/h5-7,10-12,14-15,18H,1-2,8-9,13H2,3-4H3,(H,29,34). The molecule has 0 atom stereocenters. The number of amides is 2. The van der Waals surface area contributed by atoms with Crippen molar-refractivity contribution in [2.75, 3.05) is 13.6 Å². The summed E-state index contributed by atoms with van der Waals surface area (Å²) in [6.45, 7) is 8.07. The average molecular weight is 483 g/mol. The first-order valence-electron chi connectivity index (χ1n) is 11.6. The molecule has 2 heterocycles. The van der Waals surface area contributed by atoms with Crippen molar-refractivity contribution in [1.82, 2.24) is 29.5 Å². The first-order chi connectivity index (χ1) is 17.2. The Bertz CT molecular complexity index is 1630. The van der Waals surface area contributed by atoms with E-state index >= 15 is 0 Å². The predicted octanol–water partition coefficient (Wildman–Crippen LogP) is 2.92. The van der Waals surface area contributed by atoms with E-state index in [9.17, 15) is 14.4 Å². The number of likely N-dealkylation sites (N-methyl/N-ethyl adjacent to an activating group) is 1. The van der Waals surface area contributed by atoms with Crippen LogP contribution < -0.4 is 10.9 Å². The van der Waals surface area contributed by atoms with Crippen molar-refractivity contribution in [3.63, 3.8) is 0 Å². The molecule has 1 fully saturated rings. The molecule has 36 heavy (non-hydrogen) atoms. The van der Waals surface area contributed by atoms with Gasteiger partial charge < -0.3 is 10.2 Å². The summed E-state index contributed by atoms with van der Waals surface area (Å²) in [6.07, 6.45) is 5.41. The highest BCUT2D eigenvalue weighted by Gasteiger charge is 2.26. The van der Waals surface area contributed by atoms with Gasteiger partial charge in [0.15, 0.2) is 0 Å². The number of rotatable bonds is 7. The van der Waals surface area contributed by atoms with Crippen molar-refractivity contribution >= 4 is 39.3 Å². The van der Waals surface area contributed by atoms with Gasteiger partial charge in [-0.2, -0.15) is 5.10 Å². The third kappa shape index (κ3) is 4.31. The van der Waals surface area contributed by atoms with Crippen molar-refractivity contribution in [3.8, 4) is 11.1 Å². The van der Waals surface area contributed by atoms with Gasteiger partial charge in [-0.1, -0.05) is 37.4 Å². The van der Waals surface area contributed by atoms with Gasteiger partial charge in [-0.15, -0.1) is 0 Å². The molecule has 0 saturated heterocycles. The lowest BCUT2D eigenvalue weighted by Crippen LogP contribution is -2.38. The molecule has 1 aliphatic carbocycles. The lowest BCUT2D eigenvalue weighted by molar-refractivity contribution is -0.128. The largest absolute Gasteiger partial charge is 0.340 e. The van der Waals surface area contributed by atoms with E-state index in [1.54, 1.807) is 23.9 Å². The number of hydrogen-bond donors (Lipinski definition) is 1. The van der Waals surface area contributed by atoms with Gasteiger partial charge >= 0.3 is 0 Å². The molecule has 9 nitrogen and oxygen atoms in total. The van der Waals surface area contributed by atoms with Gasteiger partial charge in [0.25, 0.3) is 17.4 Å². The second-order valence-electron chi connectivity index (χ2n) is 9.21. The van der Waals surface area contributed by atoms with Crippen molar-refractivity contribution in [2.45, 2.75) is 12.8 Å². The molecule has 4 aromatic rings. The van der Waals surface area contributed by atoms with E-state index in [1.165, 1.54) is 11.2 Å². The molecule has 5 rings (SSSR count).